The molecule has 6 nitrogen and oxygen atoms in total. The summed E-state index contributed by atoms with van der Waals surface area (Å²) in [5.41, 5.74) is -1.60. The monoisotopic (exact) mass is 326 g/mol. The van der Waals surface area contributed by atoms with Crippen LogP contribution in [0.5, 0.6) is 5.75 Å². The molecule has 0 aliphatic rings. The number of carboxylic acid groups (broad SMARTS) is 1. The Balaban J connectivity index is 2.64. The van der Waals surface area contributed by atoms with E-state index < -0.39 is 41.0 Å². The molecular weight excluding hydrogens is 314 g/mol. The summed E-state index contributed by atoms with van der Waals surface area (Å²) in [7, 11) is 0. The van der Waals surface area contributed by atoms with Crippen molar-refractivity contribution in [1.29, 1.82) is 0 Å². The lowest BCUT2D eigenvalue weighted by atomic mass is 10.0. The molecule has 0 unspecified atom stereocenters. The van der Waals surface area contributed by atoms with E-state index in [1.807, 2.05) is 0 Å². The third kappa shape index (κ3) is 3.20. The first-order valence-electron chi connectivity index (χ1n) is 6.59. The zero-order valence-corrected chi connectivity index (χ0v) is 12.0. The number of carboxylic acids is 1. The molecule has 0 fully saturated rings. The number of hydrogen-bond acceptors (Lipinski definition) is 5. The van der Waals surface area contributed by atoms with Gasteiger partial charge in [0.15, 0.2) is 17.1 Å². The highest BCUT2D eigenvalue weighted by Crippen LogP contribution is 2.31. The topological polar surface area (TPSA) is 93.8 Å². The molecule has 0 saturated carbocycles. The molecule has 0 aliphatic heterocycles. The van der Waals surface area contributed by atoms with Crippen LogP contribution >= 0.6 is 0 Å². The van der Waals surface area contributed by atoms with Crippen LogP contribution in [0.2, 0.25) is 0 Å². The minimum atomic E-state index is -1.27. The number of hydrogen-bond donors (Lipinski definition) is 1. The highest BCUT2D eigenvalue weighted by atomic mass is 19.1. The molecule has 0 amide bonds. The van der Waals surface area contributed by atoms with E-state index in [1.165, 1.54) is 6.92 Å². The van der Waals surface area contributed by atoms with Gasteiger partial charge in [0.05, 0.1) is 18.6 Å². The number of carbonyl (C=O) groups excluding carboxylic acids is 1. The lowest BCUT2D eigenvalue weighted by Crippen LogP contribution is -2.15. The van der Waals surface area contributed by atoms with Crippen molar-refractivity contribution in [3.8, 4) is 5.75 Å². The van der Waals surface area contributed by atoms with Gasteiger partial charge in [0.1, 0.15) is 6.29 Å². The summed E-state index contributed by atoms with van der Waals surface area (Å²) in [5.74, 6) is -4.28. The number of halogens is 2. The Kier molecular flexibility index (Phi) is 4.73. The fourth-order valence-electron chi connectivity index (χ4n) is 2.13. The predicted molar refractivity (Wildman–Crippen MR) is 74.7 cm³/mol. The average Bonchev–Trinajstić information content (AvgIpc) is 2.48. The molecule has 2 aromatic rings. The van der Waals surface area contributed by atoms with Crippen molar-refractivity contribution in [2.75, 3.05) is 6.61 Å². The van der Waals surface area contributed by atoms with Gasteiger partial charge < -0.3 is 19.1 Å². The Bertz CT molecular complexity index is 840. The van der Waals surface area contributed by atoms with Crippen molar-refractivity contribution >= 4 is 23.2 Å². The summed E-state index contributed by atoms with van der Waals surface area (Å²) in [6.45, 7) is 1.15. The van der Waals surface area contributed by atoms with Gasteiger partial charge in [-0.05, 0) is 18.6 Å². The number of ether oxygens (including phenoxy) is 1. The van der Waals surface area contributed by atoms with Crippen LogP contribution in [0.25, 0.3) is 11.0 Å². The second-order valence-corrected chi connectivity index (χ2v) is 4.75. The van der Waals surface area contributed by atoms with Gasteiger partial charge in [-0.25, -0.2) is 9.18 Å². The summed E-state index contributed by atoms with van der Waals surface area (Å²) >= 11 is 0. The highest BCUT2D eigenvalue weighted by Gasteiger charge is 2.22. The van der Waals surface area contributed by atoms with Crippen molar-refractivity contribution in [2.24, 2.45) is 0 Å². The maximum atomic E-state index is 14.3. The van der Waals surface area contributed by atoms with Crippen LogP contribution in [0.4, 0.5) is 8.78 Å². The Morgan fingerprint density at radius 2 is 2.13 bits per heavy atom. The number of benzene rings is 1. The quantitative estimate of drug-likeness (QED) is 0.495. The largest absolute Gasteiger partial charge is 0.487 e. The summed E-state index contributed by atoms with van der Waals surface area (Å²) < 4.78 is 38.0. The van der Waals surface area contributed by atoms with Gasteiger partial charge in [0.2, 0.25) is 5.82 Å². The normalized spacial score (nSPS) is 10.7. The lowest BCUT2D eigenvalue weighted by molar-refractivity contribution is -0.136. The molecule has 122 valence electrons. The Hall–Kier alpha value is -2.77. The van der Waals surface area contributed by atoms with Crippen LogP contribution < -0.4 is 10.4 Å². The maximum Gasteiger partial charge on any atom is 0.340 e. The number of aliphatic carboxylic acids is 1. The number of aldehydes is 1. The molecule has 1 aromatic carbocycles. The summed E-state index contributed by atoms with van der Waals surface area (Å²) in [6.07, 6.45) is -0.151. The zero-order chi connectivity index (χ0) is 17.1. The molecule has 0 spiro atoms. The Morgan fingerprint density at radius 3 is 2.74 bits per heavy atom. The van der Waals surface area contributed by atoms with E-state index in [0.29, 0.717) is 6.29 Å². The highest BCUT2D eigenvalue weighted by molar-refractivity contribution is 5.84. The van der Waals surface area contributed by atoms with E-state index in [2.05, 4.69) is 0 Å². The molecule has 23 heavy (non-hydrogen) atoms. The van der Waals surface area contributed by atoms with Gasteiger partial charge in [-0.15, -0.1) is 0 Å². The second kappa shape index (κ2) is 6.55. The zero-order valence-electron chi connectivity index (χ0n) is 12.0. The van der Waals surface area contributed by atoms with E-state index in [-0.39, 0.29) is 29.5 Å². The second-order valence-electron chi connectivity index (χ2n) is 4.75. The van der Waals surface area contributed by atoms with Crippen LogP contribution in [0.3, 0.4) is 0 Å². The molecular formula is C15H12F2O6. The molecule has 8 heteroatoms. The van der Waals surface area contributed by atoms with E-state index in [0.717, 1.165) is 6.07 Å². The molecule has 0 radical (unpaired) electrons. The Morgan fingerprint density at radius 1 is 1.43 bits per heavy atom. The standard InChI is InChI=1S/C15H12F2O6/c1-7-8-5-10(16)14(22-4-2-3-18)12(17)13(8)23-15(21)9(7)6-11(19)20/h3,5H,2,4,6H2,1H3,(H,19,20). The van der Waals surface area contributed by atoms with Crippen LogP contribution in [-0.4, -0.2) is 24.0 Å². The molecule has 1 heterocycles. The molecule has 0 atom stereocenters. The van der Waals surface area contributed by atoms with Gasteiger partial charge >= 0.3 is 11.6 Å². The summed E-state index contributed by atoms with van der Waals surface area (Å²) in [5, 5.41) is 8.73. The Labute approximate surface area is 128 Å². The fraction of sp³-hybridized carbons (Fsp3) is 0.267. The fourth-order valence-corrected chi connectivity index (χ4v) is 2.13. The van der Waals surface area contributed by atoms with Gasteiger partial charge in [0.25, 0.3) is 0 Å². The van der Waals surface area contributed by atoms with Crippen LogP contribution in [-0.2, 0) is 16.0 Å². The van der Waals surface area contributed by atoms with Gasteiger partial charge in [-0.1, -0.05) is 0 Å². The van der Waals surface area contributed by atoms with E-state index in [1.54, 1.807) is 0 Å². The minimum absolute atomic E-state index is 0.0569. The third-order valence-electron chi connectivity index (χ3n) is 3.24. The third-order valence-corrected chi connectivity index (χ3v) is 3.24. The summed E-state index contributed by atoms with van der Waals surface area (Å²) in [4.78, 5) is 32.8. The molecule has 0 bridgehead atoms. The maximum absolute atomic E-state index is 14.3. The van der Waals surface area contributed by atoms with Crippen molar-refractivity contribution in [1.82, 2.24) is 0 Å². The molecule has 2 rings (SSSR count). The SMILES string of the molecule is Cc1c(CC(=O)O)c(=O)oc2c(F)c(OCCC=O)c(F)cc12. The average molecular weight is 326 g/mol. The lowest BCUT2D eigenvalue weighted by Gasteiger charge is -2.11. The van der Waals surface area contributed by atoms with Crippen LogP contribution in [0.1, 0.15) is 17.5 Å². The van der Waals surface area contributed by atoms with E-state index in [4.69, 9.17) is 14.3 Å². The van der Waals surface area contributed by atoms with Crippen molar-refractivity contribution in [3.63, 3.8) is 0 Å². The molecule has 0 aliphatic carbocycles. The number of aryl methyl sites for hydroxylation is 1. The minimum Gasteiger partial charge on any atom is -0.487 e. The molecule has 1 N–H and O–H groups in total. The first-order valence-corrected chi connectivity index (χ1v) is 6.59. The molecule has 1 aromatic heterocycles. The van der Waals surface area contributed by atoms with Gasteiger partial charge in [-0.3, -0.25) is 4.79 Å². The first kappa shape index (κ1) is 16.6. The van der Waals surface area contributed by atoms with E-state index in [9.17, 15) is 23.2 Å². The van der Waals surface area contributed by atoms with Crippen LogP contribution in [0.15, 0.2) is 15.3 Å². The van der Waals surface area contributed by atoms with Gasteiger partial charge in [-0.2, -0.15) is 4.39 Å². The number of carbonyl (C=O) groups is 2. The first-order chi connectivity index (χ1) is 10.9. The number of rotatable bonds is 6. The molecule has 0 saturated heterocycles. The van der Waals surface area contributed by atoms with E-state index >= 15 is 0 Å². The smallest absolute Gasteiger partial charge is 0.340 e. The van der Waals surface area contributed by atoms with Crippen LogP contribution in [0, 0.1) is 18.6 Å². The number of fused-ring (bicyclic) bond motifs is 1. The van der Waals surface area contributed by atoms with Gasteiger partial charge in [0, 0.05) is 11.8 Å². The predicted octanol–water partition coefficient (Wildman–Crippen LogP) is 1.97. The van der Waals surface area contributed by atoms with Crippen molar-refractivity contribution in [3.05, 3.63) is 39.2 Å². The van der Waals surface area contributed by atoms with Crippen molar-refractivity contribution in [2.45, 2.75) is 19.8 Å². The summed E-state index contributed by atoms with van der Waals surface area (Å²) in [6, 6.07) is 0.901. The van der Waals surface area contributed by atoms with Crippen molar-refractivity contribution < 1.29 is 32.6 Å².